The molecule has 1 aliphatic carbocycles. The molecule has 27 heavy (non-hydrogen) atoms. The Balaban J connectivity index is 0.00000364. The first kappa shape index (κ1) is 23.2. The highest BCUT2D eigenvalue weighted by Crippen LogP contribution is 2.30. The number of carbonyl (C=O) groups excluding carboxylic acids is 2. The third-order valence-electron chi connectivity index (χ3n) is 4.76. The summed E-state index contributed by atoms with van der Waals surface area (Å²) in [6.45, 7) is 4.05. The molecular weight excluding hydrogens is 366 g/mol. The molecule has 0 aliphatic heterocycles. The van der Waals surface area contributed by atoms with Crippen LogP contribution in [0.4, 0.5) is 11.4 Å². The predicted molar refractivity (Wildman–Crippen MR) is 112 cm³/mol. The van der Waals surface area contributed by atoms with Crippen LogP contribution in [0.15, 0.2) is 18.2 Å². The molecule has 1 atom stereocenters. The van der Waals surface area contributed by atoms with Crippen molar-refractivity contribution in [1.29, 1.82) is 0 Å². The quantitative estimate of drug-likeness (QED) is 0.649. The molecule has 0 aromatic heterocycles. The van der Waals surface area contributed by atoms with Crippen LogP contribution in [-0.4, -0.2) is 25.0 Å². The van der Waals surface area contributed by atoms with Gasteiger partial charge < -0.3 is 21.1 Å². The van der Waals surface area contributed by atoms with E-state index in [2.05, 4.69) is 10.6 Å². The fraction of sp³-hybridized carbons (Fsp3) is 0.600. The average molecular weight is 398 g/mol. The van der Waals surface area contributed by atoms with E-state index < -0.39 is 6.04 Å². The predicted octanol–water partition coefficient (Wildman–Crippen LogP) is 3.95. The van der Waals surface area contributed by atoms with Gasteiger partial charge in [-0.25, -0.2) is 0 Å². The number of amides is 2. The number of benzene rings is 1. The standard InChI is InChI=1S/C20H31N3O3.ClH/c1-13(2)11-16(21)20(25)22-15-9-10-18(26-3)17(12-15)23-19(24)14-7-5-4-6-8-14;/h9-10,12-14,16H,4-8,11,21H2,1-3H3,(H,22,25)(H,23,24);1H/t16-;/m0./s1. The molecule has 7 heteroatoms. The maximum atomic E-state index is 12.5. The normalized spacial score (nSPS) is 15.6. The highest BCUT2D eigenvalue weighted by molar-refractivity contribution is 5.97. The Kier molecular flexibility index (Phi) is 9.60. The van der Waals surface area contributed by atoms with Gasteiger partial charge in [-0.2, -0.15) is 0 Å². The minimum Gasteiger partial charge on any atom is -0.495 e. The summed E-state index contributed by atoms with van der Waals surface area (Å²) in [6.07, 6.45) is 5.86. The van der Waals surface area contributed by atoms with Crippen LogP contribution in [0.1, 0.15) is 52.4 Å². The van der Waals surface area contributed by atoms with Crippen LogP contribution in [0.25, 0.3) is 0 Å². The molecule has 1 aromatic carbocycles. The number of rotatable bonds is 7. The molecule has 1 aliphatic rings. The number of nitrogens with one attached hydrogen (secondary N) is 2. The monoisotopic (exact) mass is 397 g/mol. The molecule has 6 nitrogen and oxygen atoms in total. The second kappa shape index (κ2) is 11.1. The van der Waals surface area contributed by atoms with Gasteiger partial charge in [-0.05, 0) is 43.4 Å². The summed E-state index contributed by atoms with van der Waals surface area (Å²) in [4.78, 5) is 24.8. The van der Waals surface area contributed by atoms with Gasteiger partial charge in [0.25, 0.3) is 0 Å². The highest BCUT2D eigenvalue weighted by atomic mass is 35.5. The van der Waals surface area contributed by atoms with Crippen molar-refractivity contribution in [2.45, 2.75) is 58.4 Å². The maximum absolute atomic E-state index is 12.5. The summed E-state index contributed by atoms with van der Waals surface area (Å²) in [5, 5.41) is 5.78. The van der Waals surface area contributed by atoms with Crippen LogP contribution < -0.4 is 21.1 Å². The Hall–Kier alpha value is -1.79. The van der Waals surface area contributed by atoms with Gasteiger partial charge in [0.1, 0.15) is 5.75 Å². The summed E-state index contributed by atoms with van der Waals surface area (Å²) in [5.74, 6) is 0.748. The summed E-state index contributed by atoms with van der Waals surface area (Å²) < 4.78 is 5.34. The van der Waals surface area contributed by atoms with Gasteiger partial charge in [0, 0.05) is 11.6 Å². The number of ether oxygens (including phenoxy) is 1. The van der Waals surface area contributed by atoms with Gasteiger partial charge in [0.15, 0.2) is 0 Å². The van der Waals surface area contributed by atoms with Gasteiger partial charge in [0.05, 0.1) is 18.8 Å². The number of carbonyl (C=O) groups is 2. The van der Waals surface area contributed by atoms with Gasteiger partial charge >= 0.3 is 0 Å². The number of anilines is 2. The van der Waals surface area contributed by atoms with Crippen molar-refractivity contribution in [2.24, 2.45) is 17.6 Å². The lowest BCUT2D eigenvalue weighted by molar-refractivity contribution is -0.120. The lowest BCUT2D eigenvalue weighted by Crippen LogP contribution is -2.36. The number of hydrogen-bond acceptors (Lipinski definition) is 4. The third-order valence-corrected chi connectivity index (χ3v) is 4.76. The fourth-order valence-electron chi connectivity index (χ4n) is 3.33. The van der Waals surface area contributed by atoms with Gasteiger partial charge in [-0.1, -0.05) is 33.1 Å². The second-order valence-corrected chi connectivity index (χ2v) is 7.46. The zero-order valence-corrected chi connectivity index (χ0v) is 17.2. The van der Waals surface area contributed by atoms with Gasteiger partial charge in [0.2, 0.25) is 11.8 Å². The van der Waals surface area contributed by atoms with E-state index in [1.54, 1.807) is 25.3 Å². The van der Waals surface area contributed by atoms with E-state index in [9.17, 15) is 9.59 Å². The highest BCUT2D eigenvalue weighted by Gasteiger charge is 2.22. The SMILES string of the molecule is COc1ccc(NC(=O)[C@@H](N)CC(C)C)cc1NC(=O)C1CCCCC1.Cl. The molecule has 2 amide bonds. The first-order chi connectivity index (χ1) is 12.4. The Bertz CT molecular complexity index is 631. The largest absolute Gasteiger partial charge is 0.495 e. The van der Waals surface area contributed by atoms with E-state index in [0.717, 1.165) is 25.7 Å². The maximum Gasteiger partial charge on any atom is 0.241 e. The zero-order chi connectivity index (χ0) is 19.1. The Morgan fingerprint density at radius 2 is 1.85 bits per heavy atom. The Morgan fingerprint density at radius 1 is 1.19 bits per heavy atom. The summed E-state index contributed by atoms with van der Waals surface area (Å²) >= 11 is 0. The Labute approximate surface area is 168 Å². The van der Waals surface area contributed by atoms with Crippen molar-refractivity contribution in [3.63, 3.8) is 0 Å². The average Bonchev–Trinajstić information content (AvgIpc) is 2.62. The van der Waals surface area contributed by atoms with Crippen LogP contribution in [0.5, 0.6) is 5.75 Å². The van der Waals surface area contributed by atoms with E-state index in [1.807, 2.05) is 13.8 Å². The van der Waals surface area contributed by atoms with Crippen LogP contribution in [0.2, 0.25) is 0 Å². The molecule has 1 saturated carbocycles. The first-order valence-electron chi connectivity index (χ1n) is 9.46. The smallest absolute Gasteiger partial charge is 0.241 e. The van der Waals surface area contributed by atoms with Gasteiger partial charge in [-0.15, -0.1) is 12.4 Å². The van der Waals surface area contributed by atoms with E-state index in [1.165, 1.54) is 6.42 Å². The number of methoxy groups -OCH3 is 1. The first-order valence-corrected chi connectivity index (χ1v) is 9.46. The molecule has 152 valence electrons. The molecule has 0 spiro atoms. The van der Waals surface area contributed by atoms with Crippen molar-refractivity contribution in [2.75, 3.05) is 17.7 Å². The van der Waals surface area contributed by atoms with Crippen molar-refractivity contribution in [3.05, 3.63) is 18.2 Å². The van der Waals surface area contributed by atoms with Crippen LogP contribution in [0, 0.1) is 11.8 Å². The minimum atomic E-state index is -0.558. The molecule has 0 radical (unpaired) electrons. The van der Waals surface area contributed by atoms with Crippen LogP contribution in [0.3, 0.4) is 0 Å². The van der Waals surface area contributed by atoms with Crippen LogP contribution >= 0.6 is 12.4 Å². The van der Waals surface area contributed by atoms with E-state index in [0.29, 0.717) is 29.5 Å². The molecule has 1 aromatic rings. The molecular formula is C20H32ClN3O3. The number of hydrogen-bond donors (Lipinski definition) is 3. The van der Waals surface area contributed by atoms with E-state index >= 15 is 0 Å². The van der Waals surface area contributed by atoms with Crippen molar-refractivity contribution in [3.8, 4) is 5.75 Å². The zero-order valence-electron chi connectivity index (χ0n) is 16.4. The lowest BCUT2D eigenvalue weighted by atomic mass is 9.88. The topological polar surface area (TPSA) is 93.4 Å². The second-order valence-electron chi connectivity index (χ2n) is 7.46. The molecule has 4 N–H and O–H groups in total. The molecule has 0 unspecified atom stereocenters. The van der Waals surface area contributed by atoms with Crippen molar-refractivity contribution < 1.29 is 14.3 Å². The Morgan fingerprint density at radius 3 is 2.44 bits per heavy atom. The van der Waals surface area contributed by atoms with Crippen molar-refractivity contribution in [1.82, 2.24) is 0 Å². The molecule has 2 rings (SSSR count). The molecule has 0 saturated heterocycles. The third kappa shape index (κ3) is 7.03. The molecule has 0 bridgehead atoms. The summed E-state index contributed by atoms with van der Waals surface area (Å²) in [5.41, 5.74) is 7.09. The summed E-state index contributed by atoms with van der Waals surface area (Å²) in [6, 6.07) is 4.65. The van der Waals surface area contributed by atoms with Crippen LogP contribution in [-0.2, 0) is 9.59 Å². The summed E-state index contributed by atoms with van der Waals surface area (Å²) in [7, 11) is 1.56. The minimum absolute atomic E-state index is 0. The molecule has 0 heterocycles. The molecule has 1 fully saturated rings. The fourth-order valence-corrected chi connectivity index (χ4v) is 3.33. The van der Waals surface area contributed by atoms with E-state index in [4.69, 9.17) is 10.5 Å². The van der Waals surface area contributed by atoms with Gasteiger partial charge in [-0.3, -0.25) is 9.59 Å². The number of nitrogens with two attached hydrogens (primary N) is 1. The van der Waals surface area contributed by atoms with Crippen molar-refractivity contribution >= 4 is 35.6 Å². The lowest BCUT2D eigenvalue weighted by Gasteiger charge is -2.22. The van der Waals surface area contributed by atoms with E-state index in [-0.39, 0.29) is 30.1 Å². The number of halogens is 1.